The van der Waals surface area contributed by atoms with Gasteiger partial charge in [-0.1, -0.05) is 36.4 Å². The van der Waals surface area contributed by atoms with E-state index in [0.717, 1.165) is 24.3 Å². The number of rotatable bonds is 2. The fraction of sp³-hybridized carbons (Fsp3) is 0. The second-order valence-corrected chi connectivity index (χ2v) is 10.6. The number of fused-ring (bicyclic) bond motifs is 6. The molecule has 0 radical (unpaired) electrons. The van der Waals surface area contributed by atoms with E-state index in [2.05, 4.69) is 9.69 Å². The Bertz CT molecular complexity index is 2260. The van der Waals surface area contributed by atoms with Crippen molar-refractivity contribution in [3.63, 3.8) is 0 Å². The predicted molar refractivity (Wildman–Crippen MR) is 164 cm³/mol. The first-order chi connectivity index (χ1) is 22.3. The van der Waals surface area contributed by atoms with Crippen LogP contribution in [0.3, 0.4) is 0 Å². The first kappa shape index (κ1) is 28.1. The number of benzene rings is 5. The quantitative estimate of drug-likeness (QED) is 0.112. The lowest BCUT2D eigenvalue weighted by atomic mass is 9.95. The van der Waals surface area contributed by atoms with E-state index in [1.54, 1.807) is 36.4 Å². The van der Waals surface area contributed by atoms with Crippen LogP contribution < -0.4 is 0 Å². The zero-order valence-corrected chi connectivity index (χ0v) is 23.4. The van der Waals surface area contributed by atoms with Gasteiger partial charge in [0.05, 0.1) is 25.3 Å². The van der Waals surface area contributed by atoms with E-state index < -0.39 is 23.3 Å². The van der Waals surface area contributed by atoms with Gasteiger partial charge in [0.1, 0.15) is 0 Å². The molecule has 0 aromatic heterocycles. The zero-order chi connectivity index (χ0) is 32.3. The summed E-state index contributed by atoms with van der Waals surface area (Å²) in [6, 6.07) is 25.2. The Labute approximate surface area is 260 Å². The highest BCUT2D eigenvalue weighted by atomic mass is 19.2. The molecule has 0 spiro atoms. The van der Waals surface area contributed by atoms with Gasteiger partial charge in [-0.3, -0.25) is 0 Å². The van der Waals surface area contributed by atoms with Crippen molar-refractivity contribution in [3.8, 4) is 56.6 Å². The molecule has 46 heavy (non-hydrogen) atoms. The van der Waals surface area contributed by atoms with Crippen LogP contribution in [0.5, 0.6) is 0 Å². The van der Waals surface area contributed by atoms with Gasteiger partial charge in [-0.05, 0) is 115 Å². The van der Waals surface area contributed by atoms with E-state index in [1.165, 1.54) is 12.1 Å². The van der Waals surface area contributed by atoms with Crippen molar-refractivity contribution in [2.75, 3.05) is 0 Å². The highest BCUT2D eigenvalue weighted by molar-refractivity contribution is 6.11. The van der Waals surface area contributed by atoms with E-state index in [4.69, 9.17) is 13.1 Å². The van der Waals surface area contributed by atoms with Crippen LogP contribution in [0.2, 0.25) is 0 Å². The summed E-state index contributed by atoms with van der Waals surface area (Å²) in [6.07, 6.45) is 0. The van der Waals surface area contributed by atoms with Gasteiger partial charge in [-0.15, -0.1) is 0 Å². The van der Waals surface area contributed by atoms with Crippen LogP contribution in [-0.2, 0) is 0 Å². The third-order valence-corrected chi connectivity index (χ3v) is 8.27. The van der Waals surface area contributed by atoms with Gasteiger partial charge in [-0.25, -0.2) is 37.8 Å². The van der Waals surface area contributed by atoms with Crippen LogP contribution in [0.25, 0.3) is 65.3 Å². The SMILES string of the molecule is [C-]#[N+]/C(C#N)=C1/c2cc(-c3ccc(F)c(F)c3)ccc2-c2cc3c(cc21)-c1ccc(-c2ccc(F)c(F)c2)cc1/C3=C(/C#N)[N+]#[C-]. The number of hydrogen-bond donors (Lipinski definition) is 0. The average molecular weight is 603 g/mol. The number of halogens is 4. The van der Waals surface area contributed by atoms with Crippen molar-refractivity contribution >= 4 is 11.1 Å². The van der Waals surface area contributed by atoms with Gasteiger partial charge in [0.15, 0.2) is 23.3 Å². The van der Waals surface area contributed by atoms with Gasteiger partial charge in [-0.2, -0.15) is 0 Å². The second kappa shape index (κ2) is 10.5. The number of allylic oxidation sites excluding steroid dienone is 2. The molecule has 4 nitrogen and oxygen atoms in total. The lowest BCUT2D eigenvalue weighted by Gasteiger charge is -2.09. The first-order valence-electron chi connectivity index (χ1n) is 13.7. The molecule has 2 aliphatic rings. The molecule has 7 rings (SSSR count). The third kappa shape index (κ3) is 4.10. The summed E-state index contributed by atoms with van der Waals surface area (Å²) in [5.41, 5.74) is 7.28. The Kier molecular flexibility index (Phi) is 6.38. The van der Waals surface area contributed by atoms with Crippen LogP contribution in [-0.4, -0.2) is 0 Å². The predicted octanol–water partition coefficient (Wildman–Crippen LogP) is 9.94. The molecule has 0 fully saturated rings. The Morgan fingerprint density at radius 2 is 0.783 bits per heavy atom. The van der Waals surface area contributed by atoms with E-state index in [1.807, 2.05) is 24.3 Å². The van der Waals surface area contributed by atoms with E-state index in [0.29, 0.717) is 77.9 Å². The highest BCUT2D eigenvalue weighted by Gasteiger charge is 2.33. The molecule has 0 aliphatic heterocycles. The molecule has 0 heterocycles. The molecule has 214 valence electrons. The molecule has 0 saturated heterocycles. The fourth-order valence-electron chi connectivity index (χ4n) is 6.22. The molecular weight excluding hydrogens is 588 g/mol. The minimum absolute atomic E-state index is 0.163. The van der Waals surface area contributed by atoms with Crippen molar-refractivity contribution in [1.29, 1.82) is 10.5 Å². The Morgan fingerprint density at radius 3 is 1.13 bits per heavy atom. The maximum atomic E-state index is 14.1. The summed E-state index contributed by atoms with van der Waals surface area (Å²) in [6.45, 7) is 15.5. The molecule has 5 aromatic carbocycles. The summed E-state index contributed by atoms with van der Waals surface area (Å²) >= 11 is 0. The summed E-state index contributed by atoms with van der Waals surface area (Å²) in [5, 5.41) is 19.9. The summed E-state index contributed by atoms with van der Waals surface area (Å²) < 4.78 is 55.5. The van der Waals surface area contributed by atoms with Crippen molar-refractivity contribution < 1.29 is 17.6 Å². The summed E-state index contributed by atoms with van der Waals surface area (Å²) in [4.78, 5) is 6.98. The second-order valence-electron chi connectivity index (χ2n) is 10.6. The van der Waals surface area contributed by atoms with Crippen molar-refractivity contribution in [2.24, 2.45) is 0 Å². The minimum atomic E-state index is -1.01. The Morgan fingerprint density at radius 1 is 0.435 bits per heavy atom. The van der Waals surface area contributed by atoms with Crippen molar-refractivity contribution in [1.82, 2.24) is 0 Å². The van der Waals surface area contributed by atoms with Gasteiger partial charge in [0, 0.05) is 11.1 Å². The van der Waals surface area contributed by atoms with Crippen LogP contribution in [0.1, 0.15) is 22.3 Å². The lowest BCUT2D eigenvalue weighted by Crippen LogP contribution is -1.90. The number of nitriles is 2. The highest BCUT2D eigenvalue weighted by Crippen LogP contribution is 2.54. The molecule has 0 bridgehead atoms. The number of hydrogen-bond acceptors (Lipinski definition) is 2. The van der Waals surface area contributed by atoms with Crippen molar-refractivity contribution in [3.05, 3.63) is 165 Å². The molecule has 5 aromatic rings. The zero-order valence-electron chi connectivity index (χ0n) is 23.4. The molecular formula is C38H14F4N4. The first-order valence-corrected chi connectivity index (χ1v) is 13.7. The normalized spacial score (nSPS) is 14.1. The summed E-state index contributed by atoms with van der Waals surface area (Å²) in [7, 11) is 0. The Balaban J connectivity index is 1.48. The molecule has 0 amide bonds. The number of nitrogens with zero attached hydrogens (tertiary/aromatic N) is 4. The Hall–Kier alpha value is -6.74. The minimum Gasteiger partial charge on any atom is -0.226 e. The van der Waals surface area contributed by atoms with Gasteiger partial charge in [0.2, 0.25) is 0 Å². The molecule has 0 saturated carbocycles. The van der Waals surface area contributed by atoms with Gasteiger partial charge in [0.25, 0.3) is 11.4 Å². The summed E-state index contributed by atoms with van der Waals surface area (Å²) in [5.74, 6) is -3.98. The smallest absolute Gasteiger partial charge is 0.226 e. The molecule has 8 heteroatoms. The maximum Gasteiger partial charge on any atom is 0.270 e. The van der Waals surface area contributed by atoms with E-state index in [9.17, 15) is 28.1 Å². The monoisotopic (exact) mass is 602 g/mol. The van der Waals surface area contributed by atoms with Crippen molar-refractivity contribution in [2.45, 2.75) is 0 Å². The topological polar surface area (TPSA) is 56.3 Å². The largest absolute Gasteiger partial charge is 0.270 e. The van der Waals surface area contributed by atoms with Crippen LogP contribution in [0, 0.1) is 59.1 Å². The molecule has 0 atom stereocenters. The van der Waals surface area contributed by atoms with Crippen LogP contribution in [0.15, 0.2) is 96.3 Å². The average Bonchev–Trinajstić information content (AvgIpc) is 3.55. The van der Waals surface area contributed by atoms with Crippen LogP contribution >= 0.6 is 0 Å². The van der Waals surface area contributed by atoms with Gasteiger partial charge < -0.3 is 0 Å². The van der Waals surface area contributed by atoms with Gasteiger partial charge >= 0.3 is 0 Å². The van der Waals surface area contributed by atoms with E-state index in [-0.39, 0.29) is 11.4 Å². The fourth-order valence-corrected chi connectivity index (χ4v) is 6.22. The van der Waals surface area contributed by atoms with Crippen LogP contribution in [0.4, 0.5) is 17.6 Å². The molecule has 0 N–H and O–H groups in total. The lowest BCUT2D eigenvalue weighted by molar-refractivity contribution is 0.509. The third-order valence-electron chi connectivity index (χ3n) is 8.27. The molecule has 2 aliphatic carbocycles. The molecule has 0 unspecified atom stereocenters. The standard InChI is InChI=1S/C38H14F4N4/c1-45-35(17-43)37-27-11-19(21-5-9-31(39)33(41)13-21)3-7-23(27)25-16-30-26(15-29(25)37)24-8-4-20(22-6-10-32(40)34(42)14-22)12-28(24)38(30)36(18-44)46-2/h3-16H/b37-35-,38-36+. The maximum absolute atomic E-state index is 14.1. The van der Waals surface area contributed by atoms with E-state index >= 15 is 0 Å².